The SMILES string of the molecule is O=C(COc1ccc(F)cc1)Nc1c2c(nn1-c1ccc(F)cc1)CS(=O)(=O)C2. The lowest BCUT2D eigenvalue weighted by Gasteiger charge is -2.12. The number of nitrogens with zero attached hydrogens (tertiary/aromatic N) is 2. The molecule has 1 aliphatic heterocycles. The van der Waals surface area contributed by atoms with Gasteiger partial charge < -0.3 is 10.1 Å². The molecule has 0 saturated heterocycles. The van der Waals surface area contributed by atoms with Crippen LogP contribution in [0.5, 0.6) is 5.75 Å². The monoisotopic (exact) mass is 419 g/mol. The minimum Gasteiger partial charge on any atom is -0.484 e. The number of ether oxygens (including phenoxy) is 1. The molecule has 4 rings (SSSR count). The third kappa shape index (κ3) is 4.11. The number of benzene rings is 2. The summed E-state index contributed by atoms with van der Waals surface area (Å²) in [6.07, 6.45) is 0. The topological polar surface area (TPSA) is 90.3 Å². The second kappa shape index (κ2) is 7.28. The number of amides is 1. The highest BCUT2D eigenvalue weighted by molar-refractivity contribution is 7.90. The molecule has 1 N–H and O–H groups in total. The van der Waals surface area contributed by atoms with E-state index in [0.717, 1.165) is 0 Å². The number of halogens is 2. The van der Waals surface area contributed by atoms with Crippen molar-refractivity contribution in [2.45, 2.75) is 11.5 Å². The lowest BCUT2D eigenvalue weighted by Crippen LogP contribution is -2.22. The van der Waals surface area contributed by atoms with Crippen molar-refractivity contribution in [3.8, 4) is 11.4 Å². The molecule has 0 bridgehead atoms. The van der Waals surface area contributed by atoms with Gasteiger partial charge in [0.2, 0.25) is 0 Å². The van der Waals surface area contributed by atoms with Crippen LogP contribution >= 0.6 is 0 Å². The molecule has 1 aromatic heterocycles. The first-order valence-electron chi connectivity index (χ1n) is 8.56. The van der Waals surface area contributed by atoms with E-state index in [4.69, 9.17) is 4.74 Å². The normalized spacial score (nSPS) is 14.4. The summed E-state index contributed by atoms with van der Waals surface area (Å²) >= 11 is 0. The number of rotatable bonds is 5. The van der Waals surface area contributed by atoms with E-state index in [1.54, 1.807) is 0 Å². The fourth-order valence-electron chi connectivity index (χ4n) is 2.99. The van der Waals surface area contributed by atoms with Crippen LogP contribution in [-0.2, 0) is 26.1 Å². The molecular weight excluding hydrogens is 404 g/mol. The van der Waals surface area contributed by atoms with Gasteiger partial charge in [0.25, 0.3) is 5.91 Å². The Bertz CT molecular complexity index is 1170. The number of hydrogen-bond donors (Lipinski definition) is 1. The maximum Gasteiger partial charge on any atom is 0.263 e. The van der Waals surface area contributed by atoms with Crippen LogP contribution in [0.15, 0.2) is 48.5 Å². The molecule has 2 heterocycles. The third-order valence-electron chi connectivity index (χ3n) is 4.30. The summed E-state index contributed by atoms with van der Waals surface area (Å²) in [6, 6.07) is 10.6. The van der Waals surface area contributed by atoms with Gasteiger partial charge in [-0.15, -0.1) is 0 Å². The van der Waals surface area contributed by atoms with Crippen LogP contribution in [0.1, 0.15) is 11.3 Å². The van der Waals surface area contributed by atoms with E-state index in [-0.39, 0.29) is 23.9 Å². The minimum atomic E-state index is -3.34. The Morgan fingerprint density at radius 2 is 1.66 bits per heavy atom. The Morgan fingerprint density at radius 1 is 1.03 bits per heavy atom. The Balaban J connectivity index is 1.59. The van der Waals surface area contributed by atoms with Crippen LogP contribution in [0.4, 0.5) is 14.6 Å². The summed E-state index contributed by atoms with van der Waals surface area (Å²) in [6.45, 7) is -0.373. The molecule has 150 valence electrons. The molecule has 1 aliphatic rings. The van der Waals surface area contributed by atoms with Crippen molar-refractivity contribution < 1.29 is 26.7 Å². The maximum absolute atomic E-state index is 13.2. The van der Waals surface area contributed by atoms with Gasteiger partial charge in [0.15, 0.2) is 16.4 Å². The van der Waals surface area contributed by atoms with E-state index in [2.05, 4.69) is 10.4 Å². The van der Waals surface area contributed by atoms with Crippen LogP contribution in [0.3, 0.4) is 0 Å². The largest absolute Gasteiger partial charge is 0.484 e. The fourth-order valence-corrected chi connectivity index (χ4v) is 4.48. The van der Waals surface area contributed by atoms with Crippen molar-refractivity contribution in [3.63, 3.8) is 0 Å². The van der Waals surface area contributed by atoms with Crippen molar-refractivity contribution in [1.82, 2.24) is 9.78 Å². The van der Waals surface area contributed by atoms with Crippen molar-refractivity contribution in [2.24, 2.45) is 0 Å². The first-order chi connectivity index (χ1) is 13.8. The fraction of sp³-hybridized carbons (Fsp3) is 0.158. The van der Waals surface area contributed by atoms with Crippen LogP contribution in [0.25, 0.3) is 5.69 Å². The molecule has 0 atom stereocenters. The summed E-state index contributed by atoms with van der Waals surface area (Å²) in [5.74, 6) is -1.40. The molecule has 10 heteroatoms. The molecular formula is C19H15F2N3O4S. The van der Waals surface area contributed by atoms with Gasteiger partial charge in [-0.25, -0.2) is 21.9 Å². The van der Waals surface area contributed by atoms with Crippen LogP contribution in [0, 0.1) is 11.6 Å². The molecule has 2 aromatic carbocycles. The smallest absolute Gasteiger partial charge is 0.263 e. The van der Waals surface area contributed by atoms with E-state index >= 15 is 0 Å². The van der Waals surface area contributed by atoms with E-state index < -0.39 is 27.4 Å². The number of aromatic nitrogens is 2. The number of sulfone groups is 1. The zero-order valence-electron chi connectivity index (χ0n) is 14.9. The van der Waals surface area contributed by atoms with Gasteiger partial charge in [-0.05, 0) is 48.5 Å². The van der Waals surface area contributed by atoms with Crippen LogP contribution < -0.4 is 10.1 Å². The van der Waals surface area contributed by atoms with Crippen LogP contribution in [-0.4, -0.2) is 30.7 Å². The maximum atomic E-state index is 13.2. The van der Waals surface area contributed by atoms with E-state index in [1.165, 1.54) is 53.2 Å². The van der Waals surface area contributed by atoms with Gasteiger partial charge in [0, 0.05) is 5.56 Å². The minimum absolute atomic E-state index is 0.195. The second-order valence-electron chi connectivity index (χ2n) is 6.49. The molecule has 29 heavy (non-hydrogen) atoms. The lowest BCUT2D eigenvalue weighted by atomic mass is 10.2. The van der Waals surface area contributed by atoms with E-state index in [9.17, 15) is 22.0 Å². The Hall–Kier alpha value is -3.27. The van der Waals surface area contributed by atoms with Crippen molar-refractivity contribution in [3.05, 3.63) is 71.4 Å². The van der Waals surface area contributed by atoms with Crippen molar-refractivity contribution in [1.29, 1.82) is 0 Å². The highest BCUT2D eigenvalue weighted by Gasteiger charge is 2.33. The quantitative estimate of drug-likeness (QED) is 0.687. The summed E-state index contributed by atoms with van der Waals surface area (Å²) in [4.78, 5) is 12.4. The van der Waals surface area contributed by atoms with Gasteiger partial charge in [-0.2, -0.15) is 5.10 Å². The highest BCUT2D eigenvalue weighted by atomic mass is 32.2. The van der Waals surface area contributed by atoms with Gasteiger partial charge in [-0.3, -0.25) is 4.79 Å². The zero-order chi connectivity index (χ0) is 20.6. The molecule has 0 saturated carbocycles. The third-order valence-corrected chi connectivity index (χ3v) is 5.74. The molecule has 7 nitrogen and oxygen atoms in total. The van der Waals surface area contributed by atoms with E-state index in [1.807, 2.05) is 0 Å². The predicted octanol–water partition coefficient (Wildman–Crippen LogP) is 2.60. The number of fused-ring (bicyclic) bond motifs is 1. The Kier molecular flexibility index (Phi) is 4.79. The zero-order valence-corrected chi connectivity index (χ0v) is 15.7. The van der Waals surface area contributed by atoms with Gasteiger partial charge in [-0.1, -0.05) is 0 Å². The molecule has 0 unspecified atom stereocenters. The summed E-state index contributed by atoms with van der Waals surface area (Å²) < 4.78 is 56.8. The molecule has 0 spiro atoms. The summed E-state index contributed by atoms with van der Waals surface area (Å²) in [5, 5.41) is 6.91. The molecule has 3 aromatic rings. The van der Waals surface area contributed by atoms with Gasteiger partial charge in [0.05, 0.1) is 22.9 Å². The number of carbonyl (C=O) groups excluding carboxylic acids is 1. The molecule has 0 radical (unpaired) electrons. The van der Waals surface area contributed by atoms with E-state index in [0.29, 0.717) is 22.7 Å². The molecule has 1 amide bonds. The van der Waals surface area contributed by atoms with Gasteiger partial charge >= 0.3 is 0 Å². The second-order valence-corrected chi connectivity index (χ2v) is 8.55. The number of nitrogens with one attached hydrogen (secondary N) is 1. The summed E-state index contributed by atoms with van der Waals surface area (Å²) in [7, 11) is -3.34. The van der Waals surface area contributed by atoms with Crippen molar-refractivity contribution >= 4 is 21.6 Å². The highest BCUT2D eigenvalue weighted by Crippen LogP contribution is 2.33. The van der Waals surface area contributed by atoms with Crippen molar-refractivity contribution in [2.75, 3.05) is 11.9 Å². The molecule has 0 aliphatic carbocycles. The average Bonchev–Trinajstić information content (AvgIpc) is 3.14. The Morgan fingerprint density at radius 3 is 2.31 bits per heavy atom. The number of carbonyl (C=O) groups is 1. The van der Waals surface area contributed by atoms with Crippen LogP contribution in [0.2, 0.25) is 0 Å². The number of anilines is 1. The van der Waals surface area contributed by atoms with Gasteiger partial charge in [0.1, 0.15) is 23.2 Å². The Labute approximate surface area is 164 Å². The summed E-state index contributed by atoms with van der Waals surface area (Å²) in [5.41, 5.74) is 1.20. The first kappa shape index (κ1) is 19.1. The first-order valence-corrected chi connectivity index (χ1v) is 10.4. The lowest BCUT2D eigenvalue weighted by molar-refractivity contribution is -0.118. The number of hydrogen-bond acceptors (Lipinski definition) is 5. The predicted molar refractivity (Wildman–Crippen MR) is 100 cm³/mol. The average molecular weight is 419 g/mol. The standard InChI is InChI=1S/C19H15F2N3O4S/c20-12-1-5-14(6-2-12)24-19(16-10-29(26,27)11-17(16)23-24)22-18(25)9-28-15-7-3-13(21)4-8-15/h1-8H,9-11H2,(H,22,25). The molecule has 0 fully saturated rings.